The van der Waals surface area contributed by atoms with Gasteiger partial charge in [-0.1, -0.05) is 17.7 Å². The van der Waals surface area contributed by atoms with E-state index in [-0.39, 0.29) is 0 Å². The topological polar surface area (TPSA) is 80.0 Å². The number of aryl methyl sites for hydroxylation is 1. The number of guanidine groups is 1. The lowest BCUT2D eigenvalue weighted by atomic mass is 10.2. The Bertz CT molecular complexity index is 693. The summed E-state index contributed by atoms with van der Waals surface area (Å²) in [6.07, 6.45) is 4.82. The normalized spacial score (nSPS) is 13.8. The number of halogens is 1. The summed E-state index contributed by atoms with van der Waals surface area (Å²) in [6.45, 7) is 5.17. The van der Waals surface area contributed by atoms with Gasteiger partial charge in [-0.3, -0.25) is 0 Å². The van der Waals surface area contributed by atoms with Crippen LogP contribution in [-0.4, -0.2) is 38.8 Å². The van der Waals surface area contributed by atoms with Crippen molar-refractivity contribution in [3.63, 3.8) is 0 Å². The minimum absolute atomic E-state index is 0.516. The Labute approximate surface area is 146 Å². The van der Waals surface area contributed by atoms with Gasteiger partial charge >= 0.3 is 0 Å². The molecule has 0 fully saturated rings. The molecule has 2 aromatic rings. The van der Waals surface area contributed by atoms with Crippen molar-refractivity contribution in [2.24, 2.45) is 4.99 Å². The zero-order valence-electron chi connectivity index (χ0n) is 13.8. The van der Waals surface area contributed by atoms with Crippen LogP contribution in [0, 0.1) is 0 Å². The van der Waals surface area contributed by atoms with Crippen LogP contribution in [-0.2, 0) is 25.9 Å². The highest BCUT2D eigenvalue weighted by Gasteiger charge is 2.16. The molecule has 0 radical (unpaired) electrons. The Hall–Kier alpha value is -2.15. The molecule has 2 aromatic heterocycles. The number of hydrogen-bond acceptors (Lipinski definition) is 4. The number of nitrogens with one attached hydrogen (secondary N) is 2. The van der Waals surface area contributed by atoms with Gasteiger partial charge in [0, 0.05) is 32.3 Å². The van der Waals surface area contributed by atoms with Gasteiger partial charge in [0.15, 0.2) is 11.8 Å². The second kappa shape index (κ2) is 8.10. The van der Waals surface area contributed by atoms with Crippen molar-refractivity contribution in [2.75, 3.05) is 13.1 Å². The first-order chi connectivity index (χ1) is 11.8. The number of hydrogen-bond donors (Lipinski definition) is 2. The lowest BCUT2D eigenvalue weighted by Gasteiger charge is -2.11. The average molecular weight is 348 g/mol. The van der Waals surface area contributed by atoms with E-state index in [2.05, 4.69) is 42.3 Å². The number of pyridine rings is 1. The fourth-order valence-corrected chi connectivity index (χ4v) is 2.81. The first-order valence-electron chi connectivity index (χ1n) is 8.30. The van der Waals surface area contributed by atoms with E-state index in [0.717, 1.165) is 62.1 Å². The Morgan fingerprint density at radius 2 is 2.25 bits per heavy atom. The monoisotopic (exact) mass is 347 g/mol. The summed E-state index contributed by atoms with van der Waals surface area (Å²) in [5.41, 5.74) is 1.14. The van der Waals surface area contributed by atoms with Crippen LogP contribution in [0.2, 0.25) is 5.15 Å². The molecule has 0 saturated heterocycles. The Morgan fingerprint density at radius 3 is 3.04 bits per heavy atom. The molecule has 0 saturated carbocycles. The van der Waals surface area contributed by atoms with Crippen molar-refractivity contribution in [3.8, 4) is 0 Å². The molecule has 0 aliphatic carbocycles. The lowest BCUT2D eigenvalue weighted by Crippen LogP contribution is -2.38. The second-order valence-corrected chi connectivity index (χ2v) is 6.04. The van der Waals surface area contributed by atoms with Gasteiger partial charge in [0.2, 0.25) is 0 Å². The summed E-state index contributed by atoms with van der Waals surface area (Å²) < 4.78 is 2.17. The largest absolute Gasteiger partial charge is 0.357 e. The molecule has 3 heterocycles. The van der Waals surface area contributed by atoms with Crippen LogP contribution in [0.3, 0.4) is 0 Å². The van der Waals surface area contributed by atoms with Crippen LogP contribution >= 0.6 is 11.6 Å². The maximum atomic E-state index is 5.80. The van der Waals surface area contributed by atoms with Crippen LogP contribution < -0.4 is 10.6 Å². The molecule has 24 heavy (non-hydrogen) atoms. The summed E-state index contributed by atoms with van der Waals surface area (Å²) >= 11 is 5.80. The molecule has 8 heteroatoms. The number of aliphatic imine (C=N–C) groups is 1. The third-order valence-electron chi connectivity index (χ3n) is 3.90. The molecular formula is C16H22ClN7. The van der Waals surface area contributed by atoms with E-state index in [1.807, 2.05) is 12.1 Å². The quantitative estimate of drug-likeness (QED) is 0.471. The van der Waals surface area contributed by atoms with E-state index in [0.29, 0.717) is 11.7 Å². The molecule has 0 bridgehead atoms. The Kier molecular flexibility index (Phi) is 5.63. The lowest BCUT2D eigenvalue weighted by molar-refractivity contribution is 0.684. The molecule has 3 rings (SSSR count). The molecule has 0 spiro atoms. The highest BCUT2D eigenvalue weighted by atomic mass is 35.5. The van der Waals surface area contributed by atoms with E-state index < -0.39 is 0 Å². The number of aromatic nitrogens is 4. The van der Waals surface area contributed by atoms with Crippen molar-refractivity contribution in [2.45, 2.75) is 39.3 Å². The summed E-state index contributed by atoms with van der Waals surface area (Å²) in [7, 11) is 0. The molecule has 128 valence electrons. The Morgan fingerprint density at radius 1 is 1.33 bits per heavy atom. The zero-order valence-corrected chi connectivity index (χ0v) is 14.6. The minimum Gasteiger partial charge on any atom is -0.357 e. The molecule has 0 aromatic carbocycles. The van der Waals surface area contributed by atoms with Gasteiger partial charge < -0.3 is 15.2 Å². The predicted molar refractivity (Wildman–Crippen MR) is 94.1 cm³/mol. The molecule has 7 nitrogen and oxygen atoms in total. The fourth-order valence-electron chi connectivity index (χ4n) is 2.70. The highest BCUT2D eigenvalue weighted by Crippen LogP contribution is 2.14. The van der Waals surface area contributed by atoms with Crippen molar-refractivity contribution >= 4 is 17.6 Å². The van der Waals surface area contributed by atoms with E-state index in [4.69, 9.17) is 11.6 Å². The SMILES string of the molecule is CCNC(=NCc1nnc2n1CCC2)NCCc1ccc(Cl)nc1. The van der Waals surface area contributed by atoms with Crippen LogP contribution in [0.25, 0.3) is 0 Å². The van der Waals surface area contributed by atoms with Gasteiger partial charge in [-0.2, -0.15) is 0 Å². The average Bonchev–Trinajstić information content (AvgIpc) is 3.18. The van der Waals surface area contributed by atoms with E-state index in [9.17, 15) is 0 Å². The minimum atomic E-state index is 0.516. The fraction of sp³-hybridized carbons (Fsp3) is 0.500. The van der Waals surface area contributed by atoms with E-state index in [1.54, 1.807) is 6.20 Å². The van der Waals surface area contributed by atoms with Gasteiger partial charge in [-0.15, -0.1) is 10.2 Å². The molecule has 0 unspecified atom stereocenters. The molecule has 2 N–H and O–H groups in total. The number of fused-ring (bicyclic) bond motifs is 1. The first kappa shape index (κ1) is 16.7. The molecule has 0 atom stereocenters. The summed E-state index contributed by atoms with van der Waals surface area (Å²) in [6, 6.07) is 3.79. The molecular weight excluding hydrogens is 326 g/mol. The van der Waals surface area contributed by atoms with Crippen molar-refractivity contribution in [1.29, 1.82) is 0 Å². The van der Waals surface area contributed by atoms with E-state index >= 15 is 0 Å². The maximum absolute atomic E-state index is 5.80. The molecule has 0 amide bonds. The summed E-state index contributed by atoms with van der Waals surface area (Å²) in [5, 5.41) is 15.6. The van der Waals surface area contributed by atoms with Gasteiger partial charge in [0.25, 0.3) is 0 Å². The number of rotatable bonds is 6. The predicted octanol–water partition coefficient (Wildman–Crippen LogP) is 1.57. The zero-order chi connectivity index (χ0) is 16.8. The van der Waals surface area contributed by atoms with Crippen LogP contribution in [0.4, 0.5) is 0 Å². The third-order valence-corrected chi connectivity index (χ3v) is 4.13. The second-order valence-electron chi connectivity index (χ2n) is 5.65. The van der Waals surface area contributed by atoms with Crippen molar-refractivity contribution in [3.05, 3.63) is 40.7 Å². The third kappa shape index (κ3) is 4.23. The van der Waals surface area contributed by atoms with Gasteiger partial charge in [0.1, 0.15) is 17.5 Å². The van der Waals surface area contributed by atoms with Gasteiger partial charge in [-0.25, -0.2) is 9.98 Å². The van der Waals surface area contributed by atoms with Crippen molar-refractivity contribution in [1.82, 2.24) is 30.4 Å². The van der Waals surface area contributed by atoms with Crippen LogP contribution in [0.5, 0.6) is 0 Å². The highest BCUT2D eigenvalue weighted by molar-refractivity contribution is 6.29. The molecule has 1 aliphatic heterocycles. The van der Waals surface area contributed by atoms with Crippen LogP contribution in [0.1, 0.15) is 30.6 Å². The van der Waals surface area contributed by atoms with Crippen LogP contribution in [0.15, 0.2) is 23.3 Å². The number of nitrogens with zero attached hydrogens (tertiary/aromatic N) is 5. The van der Waals surface area contributed by atoms with Gasteiger partial charge in [0.05, 0.1) is 0 Å². The molecule has 1 aliphatic rings. The summed E-state index contributed by atoms with van der Waals surface area (Å²) in [4.78, 5) is 8.70. The maximum Gasteiger partial charge on any atom is 0.191 e. The van der Waals surface area contributed by atoms with Crippen molar-refractivity contribution < 1.29 is 0 Å². The first-order valence-corrected chi connectivity index (χ1v) is 8.67. The van der Waals surface area contributed by atoms with E-state index in [1.165, 1.54) is 0 Å². The standard InChI is InChI=1S/C16H22ClN7/c1-2-18-16(19-8-7-12-5-6-13(17)20-10-12)21-11-15-23-22-14-4-3-9-24(14)15/h5-6,10H,2-4,7-9,11H2,1H3,(H2,18,19,21). The van der Waals surface area contributed by atoms with Gasteiger partial charge in [-0.05, 0) is 31.4 Å². The smallest absolute Gasteiger partial charge is 0.191 e. The summed E-state index contributed by atoms with van der Waals surface area (Å²) in [5.74, 6) is 2.80. The Balaban J connectivity index is 1.54.